The Kier molecular flexibility index (Phi) is 8.52. The topological polar surface area (TPSA) is 75.0 Å². The molecular formula is C30H38ClN3O4SSi. The Hall–Kier alpha value is -2.72. The van der Waals surface area contributed by atoms with Gasteiger partial charge in [0.2, 0.25) is 0 Å². The molecule has 0 aliphatic heterocycles. The molecule has 3 aromatic heterocycles. The third kappa shape index (κ3) is 6.76. The molecule has 40 heavy (non-hydrogen) atoms. The molecule has 4 aromatic rings. The lowest BCUT2D eigenvalue weighted by molar-refractivity contribution is 0.00706. The Bertz CT molecular complexity index is 1520. The normalized spacial score (nSPS) is 13.4. The fourth-order valence-corrected chi connectivity index (χ4v) is 5.98. The first kappa shape index (κ1) is 30.2. The van der Waals surface area contributed by atoms with Crippen LogP contribution < -0.4 is 4.74 Å². The number of halogens is 1. The average Bonchev–Trinajstić information content (AvgIpc) is 3.45. The van der Waals surface area contributed by atoms with Crippen LogP contribution in [-0.2, 0) is 15.8 Å². The number of thiophene rings is 1. The van der Waals surface area contributed by atoms with Gasteiger partial charge in [-0.05, 0) is 51.9 Å². The maximum absolute atomic E-state index is 13.3. The number of hydrogen-bond donors (Lipinski definition) is 0. The van der Waals surface area contributed by atoms with Gasteiger partial charge < -0.3 is 13.9 Å². The van der Waals surface area contributed by atoms with Crippen LogP contribution in [0.25, 0.3) is 16.2 Å². The molecule has 3 heterocycles. The van der Waals surface area contributed by atoms with Gasteiger partial charge in [0.1, 0.15) is 17.5 Å². The average molecular weight is 600 g/mol. The number of fused-ring (bicyclic) bond motifs is 1. The number of aromatic nitrogens is 3. The van der Waals surface area contributed by atoms with Gasteiger partial charge in [-0.25, -0.2) is 9.78 Å². The van der Waals surface area contributed by atoms with Crippen molar-refractivity contribution in [2.75, 3.05) is 0 Å². The van der Waals surface area contributed by atoms with Crippen LogP contribution in [0.2, 0.25) is 23.2 Å². The minimum absolute atomic E-state index is 0.101. The number of carbonyl (C=O) groups is 1. The first-order chi connectivity index (χ1) is 18.6. The molecule has 0 bridgehead atoms. The summed E-state index contributed by atoms with van der Waals surface area (Å²) in [6, 6.07) is 9.39. The van der Waals surface area contributed by atoms with Crippen molar-refractivity contribution < 1.29 is 18.7 Å². The summed E-state index contributed by atoms with van der Waals surface area (Å²) in [5.41, 5.74) is 2.51. The van der Waals surface area contributed by atoms with Crippen molar-refractivity contribution in [3.8, 4) is 16.3 Å². The molecule has 1 aromatic carbocycles. The van der Waals surface area contributed by atoms with E-state index in [2.05, 4.69) is 43.8 Å². The molecule has 0 N–H and O–H groups in total. The van der Waals surface area contributed by atoms with Crippen LogP contribution in [0, 0.1) is 0 Å². The lowest BCUT2D eigenvalue weighted by Crippen LogP contribution is -2.40. The van der Waals surface area contributed by atoms with Gasteiger partial charge in [-0.3, -0.25) is 9.38 Å². The van der Waals surface area contributed by atoms with Gasteiger partial charge in [0.05, 0.1) is 35.3 Å². The van der Waals surface area contributed by atoms with Crippen LogP contribution in [0.1, 0.15) is 75.5 Å². The molecule has 10 heteroatoms. The van der Waals surface area contributed by atoms with Crippen LogP contribution in [0.15, 0.2) is 48.9 Å². The summed E-state index contributed by atoms with van der Waals surface area (Å²) in [6.45, 7) is 19.0. The largest absolute Gasteiger partial charge is 0.484 e. The lowest BCUT2D eigenvalue weighted by atomic mass is 10.1. The van der Waals surface area contributed by atoms with Crippen molar-refractivity contribution in [2.24, 2.45) is 0 Å². The first-order valence-corrected chi connectivity index (χ1v) is 17.4. The SMILES string of the molecule is C[C@@H](Oc1cc(-c2cnc3cnc(CO[Si](C)(C)C(C)(C)C)cn23)sc1C(=O)OC(C)(C)C)c1ccccc1Cl. The minimum Gasteiger partial charge on any atom is -0.484 e. The number of esters is 1. The number of benzene rings is 1. The van der Waals surface area contributed by atoms with Crippen LogP contribution in [0.4, 0.5) is 0 Å². The molecule has 0 aliphatic carbocycles. The third-order valence-electron chi connectivity index (χ3n) is 7.02. The van der Waals surface area contributed by atoms with Gasteiger partial charge in [0, 0.05) is 22.8 Å². The van der Waals surface area contributed by atoms with E-state index >= 15 is 0 Å². The summed E-state index contributed by atoms with van der Waals surface area (Å²) in [5.74, 6) is -0.00350. The lowest BCUT2D eigenvalue weighted by Gasteiger charge is -2.36. The van der Waals surface area contributed by atoms with Crippen molar-refractivity contribution in [2.45, 2.75) is 84.9 Å². The van der Waals surface area contributed by atoms with Crippen LogP contribution in [0.3, 0.4) is 0 Å². The van der Waals surface area contributed by atoms with Crippen LogP contribution in [-0.4, -0.2) is 34.3 Å². The van der Waals surface area contributed by atoms with E-state index in [-0.39, 0.29) is 11.1 Å². The molecule has 0 unspecified atom stereocenters. The summed E-state index contributed by atoms with van der Waals surface area (Å²) in [6.07, 6.45) is 5.09. The van der Waals surface area contributed by atoms with E-state index in [1.165, 1.54) is 11.3 Å². The number of nitrogens with zero attached hydrogens (tertiary/aromatic N) is 3. The Balaban J connectivity index is 1.70. The van der Waals surface area contributed by atoms with E-state index < -0.39 is 19.9 Å². The molecule has 214 valence electrons. The van der Waals surface area contributed by atoms with E-state index in [0.717, 1.165) is 21.8 Å². The Labute approximate surface area is 246 Å². The number of imidazole rings is 1. The van der Waals surface area contributed by atoms with Crippen LogP contribution >= 0.6 is 22.9 Å². The molecule has 0 fully saturated rings. The fraction of sp³-hybridized carbons (Fsp3) is 0.433. The zero-order valence-corrected chi connectivity index (χ0v) is 27.2. The fourth-order valence-electron chi connectivity index (χ4n) is 3.77. The Morgan fingerprint density at radius 3 is 2.45 bits per heavy atom. The van der Waals surface area contributed by atoms with Gasteiger partial charge in [-0.2, -0.15) is 0 Å². The number of carbonyl (C=O) groups excluding carboxylic acids is 1. The molecule has 0 radical (unpaired) electrons. The quantitative estimate of drug-likeness (QED) is 0.149. The molecular weight excluding hydrogens is 562 g/mol. The molecule has 0 saturated heterocycles. The van der Waals surface area contributed by atoms with Gasteiger partial charge in [0.15, 0.2) is 18.8 Å². The minimum atomic E-state index is -1.94. The molecule has 1 atom stereocenters. The summed E-state index contributed by atoms with van der Waals surface area (Å²) in [4.78, 5) is 23.6. The second-order valence-electron chi connectivity index (χ2n) is 12.4. The number of rotatable bonds is 8. The molecule has 7 nitrogen and oxygen atoms in total. The van der Waals surface area contributed by atoms with Gasteiger partial charge in [-0.15, -0.1) is 11.3 Å². The zero-order valence-electron chi connectivity index (χ0n) is 24.7. The van der Waals surface area contributed by atoms with Crippen molar-refractivity contribution in [3.63, 3.8) is 0 Å². The van der Waals surface area contributed by atoms with Crippen molar-refractivity contribution in [3.05, 3.63) is 70.1 Å². The molecule has 0 saturated carbocycles. The highest BCUT2D eigenvalue weighted by atomic mass is 35.5. The second-order valence-corrected chi connectivity index (χ2v) is 18.7. The zero-order chi connectivity index (χ0) is 29.5. The highest BCUT2D eigenvalue weighted by molar-refractivity contribution is 7.17. The highest BCUT2D eigenvalue weighted by Gasteiger charge is 2.37. The smallest absolute Gasteiger partial charge is 0.352 e. The van der Waals surface area contributed by atoms with E-state index in [4.69, 9.17) is 25.5 Å². The number of hydrogen-bond acceptors (Lipinski definition) is 7. The van der Waals surface area contributed by atoms with E-state index in [9.17, 15) is 4.79 Å². The summed E-state index contributed by atoms with van der Waals surface area (Å²) in [7, 11) is -1.94. The van der Waals surface area contributed by atoms with Gasteiger partial charge in [0.25, 0.3) is 0 Å². The Morgan fingerprint density at radius 2 is 1.80 bits per heavy atom. The molecule has 0 spiro atoms. The van der Waals surface area contributed by atoms with E-state index in [1.54, 1.807) is 12.4 Å². The predicted molar refractivity (Wildman–Crippen MR) is 164 cm³/mol. The first-order valence-electron chi connectivity index (χ1n) is 13.3. The number of ether oxygens (including phenoxy) is 2. The summed E-state index contributed by atoms with van der Waals surface area (Å²) >= 11 is 7.74. The molecule has 0 amide bonds. The van der Waals surface area contributed by atoms with Gasteiger partial charge >= 0.3 is 5.97 Å². The van der Waals surface area contributed by atoms with Crippen molar-refractivity contribution in [1.29, 1.82) is 0 Å². The predicted octanol–water partition coefficient (Wildman–Crippen LogP) is 8.73. The highest BCUT2D eigenvalue weighted by Crippen LogP contribution is 2.40. The van der Waals surface area contributed by atoms with Gasteiger partial charge in [-0.1, -0.05) is 50.6 Å². The molecule has 4 rings (SSSR count). The standard InChI is InChI=1S/C30H38ClN3O4SSi/c1-19(21-12-10-11-13-22(21)31)37-24-14-25(39-27(24)28(35)38-29(2,3)4)23-15-33-26-16-32-20(17-34(23)26)18-36-40(8,9)30(5,6)7/h10-17,19H,18H2,1-9H3/t19-/m1/s1. The second kappa shape index (κ2) is 11.3. The van der Waals surface area contributed by atoms with Crippen LogP contribution in [0.5, 0.6) is 5.75 Å². The van der Waals surface area contributed by atoms with E-state index in [0.29, 0.717) is 27.9 Å². The summed E-state index contributed by atoms with van der Waals surface area (Å²) in [5, 5.41) is 0.704. The monoisotopic (exact) mass is 599 g/mol. The maximum Gasteiger partial charge on any atom is 0.352 e. The van der Waals surface area contributed by atoms with Crippen molar-refractivity contribution in [1.82, 2.24) is 14.4 Å². The summed E-state index contributed by atoms with van der Waals surface area (Å²) < 4.78 is 20.4. The Morgan fingerprint density at radius 1 is 1.10 bits per heavy atom. The van der Waals surface area contributed by atoms with Crippen molar-refractivity contribution >= 4 is 42.9 Å². The third-order valence-corrected chi connectivity index (χ3v) is 13.0. The maximum atomic E-state index is 13.3. The van der Waals surface area contributed by atoms with E-state index in [1.807, 2.05) is 68.6 Å². The molecule has 0 aliphatic rings.